The molecule has 0 saturated carbocycles. The number of rotatable bonds is 14. The Hall–Kier alpha value is 0.0700. The number of unbranched alkanes of at least 4 members (excludes halogenated alkanes) is 9. The van der Waals surface area contributed by atoms with Gasteiger partial charge in [-0.05, 0) is 24.6 Å². The van der Waals surface area contributed by atoms with Gasteiger partial charge in [0.15, 0.2) is 0 Å². The average Bonchev–Trinajstić information content (AvgIpc) is 2.64. The molecule has 0 amide bonds. The van der Waals surface area contributed by atoms with Gasteiger partial charge in [0.25, 0.3) is 10.1 Å². The van der Waals surface area contributed by atoms with Crippen molar-refractivity contribution < 1.29 is 32.4 Å². The van der Waals surface area contributed by atoms with Crippen LogP contribution in [0.4, 0.5) is 0 Å². The zero-order valence-corrected chi connectivity index (χ0v) is 23.2. The molecule has 0 saturated heterocycles. The van der Waals surface area contributed by atoms with E-state index in [0.29, 0.717) is 6.42 Å². The predicted molar refractivity (Wildman–Crippen MR) is 117 cm³/mol. The fourth-order valence-electron chi connectivity index (χ4n) is 2.87. The summed E-state index contributed by atoms with van der Waals surface area (Å²) >= 11 is 0. The first-order valence-electron chi connectivity index (χ1n) is 9.79. The van der Waals surface area contributed by atoms with Crippen molar-refractivity contribution in [2.75, 3.05) is 6.61 Å². The van der Waals surface area contributed by atoms with Crippen LogP contribution in [0.3, 0.4) is 0 Å². The van der Waals surface area contributed by atoms with E-state index < -0.39 is 32.5 Å². The molecule has 0 aliphatic rings. The first-order valence-corrected chi connectivity index (χ1v) is 11.2. The van der Waals surface area contributed by atoms with Gasteiger partial charge >= 0.3 is 11.9 Å². The first-order chi connectivity index (χ1) is 13.3. The van der Waals surface area contributed by atoms with Crippen molar-refractivity contribution in [3.8, 4) is 0 Å². The molecule has 1 aromatic rings. The van der Waals surface area contributed by atoms with E-state index in [4.69, 9.17) is 9.29 Å². The minimum absolute atomic E-state index is 0. The molecule has 7 nitrogen and oxygen atoms in total. The molecule has 0 fully saturated rings. The largest absolute Gasteiger partial charge is 0.478 e. The Balaban J connectivity index is 0. The van der Waals surface area contributed by atoms with Crippen molar-refractivity contribution in [1.82, 2.24) is 0 Å². The standard InChI is InChI=1S/C20H30O7S.2Na/c1-2-3-4-5-6-7-8-9-10-11-14-27-20(23)17-13-12-16(28(24,25)26)15-18(17)19(21)22;;/h12-13,15H,2-11,14H2,1H3,(H,21,22)(H,24,25,26);;. The van der Waals surface area contributed by atoms with Crippen molar-refractivity contribution in [2.45, 2.75) is 76.0 Å². The summed E-state index contributed by atoms with van der Waals surface area (Å²) in [4.78, 5) is 22.8. The second-order valence-electron chi connectivity index (χ2n) is 6.81. The van der Waals surface area contributed by atoms with Gasteiger partial charge in [0.1, 0.15) is 0 Å². The molecule has 2 radical (unpaired) electrons. The zero-order chi connectivity index (χ0) is 21.0. The average molecular weight is 461 g/mol. The van der Waals surface area contributed by atoms with Gasteiger partial charge in [0.05, 0.1) is 22.6 Å². The van der Waals surface area contributed by atoms with Crippen LogP contribution in [-0.4, -0.2) is 95.7 Å². The number of esters is 1. The minimum Gasteiger partial charge on any atom is -0.478 e. The number of ether oxygens (including phenoxy) is 1. The second-order valence-corrected chi connectivity index (χ2v) is 8.23. The maximum Gasteiger partial charge on any atom is 0.339 e. The number of hydrogen-bond acceptors (Lipinski definition) is 5. The topological polar surface area (TPSA) is 118 Å². The summed E-state index contributed by atoms with van der Waals surface area (Å²) < 4.78 is 36.3. The molecule has 1 aromatic carbocycles. The summed E-state index contributed by atoms with van der Waals surface area (Å²) in [5.41, 5.74) is -0.768. The number of carbonyl (C=O) groups is 2. The van der Waals surface area contributed by atoms with Crippen LogP contribution in [-0.2, 0) is 14.9 Å². The Labute approximate surface area is 223 Å². The number of aromatic carboxylic acids is 1. The van der Waals surface area contributed by atoms with Gasteiger partial charge < -0.3 is 9.84 Å². The summed E-state index contributed by atoms with van der Waals surface area (Å²) in [5, 5.41) is 9.18. The van der Waals surface area contributed by atoms with Gasteiger partial charge in [0, 0.05) is 59.1 Å². The van der Waals surface area contributed by atoms with Gasteiger partial charge in [-0.25, -0.2) is 9.59 Å². The van der Waals surface area contributed by atoms with E-state index in [1.54, 1.807) is 0 Å². The summed E-state index contributed by atoms with van der Waals surface area (Å²) in [6.07, 6.45) is 11.4. The van der Waals surface area contributed by atoms with Crippen LogP contribution >= 0.6 is 0 Å². The molecule has 30 heavy (non-hydrogen) atoms. The zero-order valence-electron chi connectivity index (χ0n) is 18.4. The number of hydrogen-bond donors (Lipinski definition) is 2. The fraction of sp³-hybridized carbons (Fsp3) is 0.600. The third-order valence-corrected chi connectivity index (χ3v) is 5.32. The third-order valence-electron chi connectivity index (χ3n) is 4.47. The summed E-state index contributed by atoms with van der Waals surface area (Å²) in [7, 11) is -4.56. The smallest absolute Gasteiger partial charge is 0.339 e. The number of carboxylic acids is 1. The van der Waals surface area contributed by atoms with Crippen LogP contribution in [0, 0.1) is 0 Å². The maximum atomic E-state index is 12.1. The van der Waals surface area contributed by atoms with E-state index >= 15 is 0 Å². The van der Waals surface area contributed by atoms with Crippen LogP contribution in [0.2, 0.25) is 0 Å². The van der Waals surface area contributed by atoms with Crippen LogP contribution in [0.25, 0.3) is 0 Å². The van der Waals surface area contributed by atoms with E-state index in [2.05, 4.69) is 6.92 Å². The van der Waals surface area contributed by atoms with Crippen molar-refractivity contribution in [3.05, 3.63) is 29.3 Å². The Bertz CT molecular complexity index is 752. The Kier molecular flexibility index (Phi) is 18.9. The Morgan fingerprint density at radius 3 is 1.83 bits per heavy atom. The Morgan fingerprint density at radius 1 is 0.867 bits per heavy atom. The maximum absolute atomic E-state index is 12.1. The van der Waals surface area contributed by atoms with Gasteiger partial charge in [-0.3, -0.25) is 4.55 Å². The van der Waals surface area contributed by atoms with Crippen LogP contribution in [0.1, 0.15) is 91.8 Å². The fourth-order valence-corrected chi connectivity index (χ4v) is 3.38. The van der Waals surface area contributed by atoms with E-state index in [1.165, 1.54) is 38.5 Å². The molecule has 0 aliphatic carbocycles. The van der Waals surface area contributed by atoms with E-state index in [-0.39, 0.29) is 71.3 Å². The molecule has 160 valence electrons. The molecule has 0 unspecified atom stereocenters. The van der Waals surface area contributed by atoms with Crippen molar-refractivity contribution in [1.29, 1.82) is 0 Å². The molecule has 1 rings (SSSR count). The van der Waals surface area contributed by atoms with Crippen LogP contribution in [0.5, 0.6) is 0 Å². The van der Waals surface area contributed by atoms with Crippen molar-refractivity contribution in [2.24, 2.45) is 0 Å². The van der Waals surface area contributed by atoms with Crippen molar-refractivity contribution in [3.63, 3.8) is 0 Å². The molecular formula is C20H30Na2O7S. The van der Waals surface area contributed by atoms with E-state index in [0.717, 1.165) is 37.5 Å². The normalized spacial score (nSPS) is 10.6. The molecule has 2 N–H and O–H groups in total. The number of carbonyl (C=O) groups excluding carboxylic acids is 1. The molecule has 0 aliphatic heterocycles. The molecule has 10 heteroatoms. The van der Waals surface area contributed by atoms with Crippen molar-refractivity contribution >= 4 is 81.2 Å². The molecule has 0 bridgehead atoms. The number of benzene rings is 1. The Morgan fingerprint density at radius 2 is 1.37 bits per heavy atom. The van der Waals surface area contributed by atoms with Crippen LogP contribution in [0.15, 0.2) is 23.1 Å². The van der Waals surface area contributed by atoms with Gasteiger partial charge in [-0.15, -0.1) is 0 Å². The summed E-state index contributed by atoms with van der Waals surface area (Å²) in [5.74, 6) is -2.30. The minimum atomic E-state index is -4.56. The van der Waals surface area contributed by atoms with E-state index in [1.807, 2.05) is 0 Å². The number of carboxylic acid groups (broad SMARTS) is 1. The quantitative estimate of drug-likeness (QED) is 0.187. The van der Waals surface area contributed by atoms with Gasteiger partial charge in [-0.2, -0.15) is 8.42 Å². The second kappa shape index (κ2) is 17.6. The predicted octanol–water partition coefficient (Wildman–Crippen LogP) is 3.95. The summed E-state index contributed by atoms with van der Waals surface area (Å²) in [6, 6.07) is 2.75. The van der Waals surface area contributed by atoms with Crippen LogP contribution < -0.4 is 0 Å². The summed E-state index contributed by atoms with van der Waals surface area (Å²) in [6.45, 7) is 2.37. The third kappa shape index (κ3) is 12.8. The monoisotopic (exact) mass is 460 g/mol. The van der Waals surface area contributed by atoms with E-state index in [9.17, 15) is 23.1 Å². The molecular weight excluding hydrogens is 430 g/mol. The molecule has 0 heterocycles. The molecule has 0 spiro atoms. The molecule has 0 atom stereocenters. The molecule has 0 aromatic heterocycles. The first kappa shape index (κ1) is 32.3. The van der Waals surface area contributed by atoms with Gasteiger partial charge in [0.2, 0.25) is 0 Å². The SMILES string of the molecule is CCCCCCCCCCCCOC(=O)c1ccc(S(=O)(=O)O)cc1C(=O)O.[Na].[Na]. The van der Waals surface area contributed by atoms with Gasteiger partial charge in [-0.1, -0.05) is 64.7 Å².